The Balaban J connectivity index is 2.04. The van der Waals surface area contributed by atoms with Crippen LogP contribution in [0.5, 0.6) is 0 Å². The van der Waals surface area contributed by atoms with Gasteiger partial charge in [0.05, 0.1) is 5.57 Å². The van der Waals surface area contributed by atoms with E-state index in [1.165, 1.54) is 38.2 Å². The number of ketones is 2. The van der Waals surface area contributed by atoms with E-state index in [0.29, 0.717) is 11.4 Å². The first kappa shape index (κ1) is 23.2. The summed E-state index contributed by atoms with van der Waals surface area (Å²) in [5.41, 5.74) is 1.16. The molecule has 31 heavy (non-hydrogen) atoms. The van der Waals surface area contributed by atoms with Gasteiger partial charge < -0.3 is 10.6 Å². The fraction of sp³-hybridized carbons (Fsp3) is 0.120. The maximum absolute atomic E-state index is 12.4. The summed E-state index contributed by atoms with van der Waals surface area (Å²) in [5, 5.41) is 5.35. The largest absolute Gasteiger partial charge is 0.325 e. The number of rotatable bonds is 9. The fourth-order valence-electron chi connectivity index (χ4n) is 2.61. The molecule has 0 heterocycles. The number of hydrogen-bond donors (Lipinski definition) is 2. The molecule has 0 fully saturated rings. The number of carbonyl (C=O) groups excluding carboxylic acids is 4. The zero-order valence-corrected chi connectivity index (χ0v) is 17.4. The summed E-state index contributed by atoms with van der Waals surface area (Å²) in [5.74, 6) is -2.60. The van der Waals surface area contributed by atoms with Gasteiger partial charge in [-0.25, -0.2) is 0 Å². The number of carbonyl (C=O) groups is 4. The van der Waals surface area contributed by atoms with Gasteiger partial charge in [-0.15, -0.1) is 0 Å². The third kappa shape index (κ3) is 7.70. The number of Topliss-reactive ketones (excluding diaryl/α,β-unsaturated/α-hetero) is 2. The molecule has 0 saturated heterocycles. The molecule has 1 atom stereocenters. The molecule has 0 spiro atoms. The van der Waals surface area contributed by atoms with Crippen LogP contribution in [-0.4, -0.2) is 23.4 Å². The number of allylic oxidation sites excluding steroid dienone is 4. The number of benzene rings is 2. The average molecular weight is 416 g/mol. The van der Waals surface area contributed by atoms with Crippen molar-refractivity contribution in [2.45, 2.75) is 13.8 Å². The van der Waals surface area contributed by atoms with Gasteiger partial charge in [-0.2, -0.15) is 0 Å². The van der Waals surface area contributed by atoms with Crippen molar-refractivity contribution in [2.75, 3.05) is 10.6 Å². The normalized spacial score (nSPS) is 12.5. The minimum absolute atomic E-state index is 0.0153. The summed E-state index contributed by atoms with van der Waals surface area (Å²) in [6, 6.07) is 17.7. The Morgan fingerprint density at radius 1 is 0.742 bits per heavy atom. The Kier molecular flexibility index (Phi) is 8.86. The molecule has 2 rings (SSSR count). The molecule has 0 bridgehead atoms. The molecule has 0 saturated carbocycles. The summed E-state index contributed by atoms with van der Waals surface area (Å²) in [4.78, 5) is 48.4. The molecule has 2 N–H and O–H groups in total. The van der Waals surface area contributed by atoms with Crippen LogP contribution < -0.4 is 10.6 Å². The number of amides is 2. The molecule has 2 aromatic rings. The lowest BCUT2D eigenvalue weighted by Crippen LogP contribution is -2.26. The summed E-state index contributed by atoms with van der Waals surface area (Å²) in [6.45, 7) is 2.64. The standard InChI is InChI=1S/C25H24N2O4/c1-18(28)22(24(30)26-20-12-6-3-7-13-20)16-10-5-11-17-23(19(2)29)25(31)27-21-14-8-4-9-15-21/h3-17,22H,1-2H3,(H,26,30)(H,27,31). The van der Waals surface area contributed by atoms with Crippen LogP contribution in [0.25, 0.3) is 0 Å². The van der Waals surface area contributed by atoms with Crippen LogP contribution in [0.1, 0.15) is 13.8 Å². The number of para-hydroxylation sites is 2. The molecule has 0 aromatic heterocycles. The van der Waals surface area contributed by atoms with Crippen molar-refractivity contribution in [3.63, 3.8) is 0 Å². The average Bonchev–Trinajstić information content (AvgIpc) is 2.73. The van der Waals surface area contributed by atoms with E-state index in [-0.39, 0.29) is 17.1 Å². The molecule has 0 aliphatic carbocycles. The van der Waals surface area contributed by atoms with Gasteiger partial charge in [-0.3, -0.25) is 19.2 Å². The summed E-state index contributed by atoms with van der Waals surface area (Å²) < 4.78 is 0. The summed E-state index contributed by atoms with van der Waals surface area (Å²) in [6.07, 6.45) is 7.43. The molecule has 158 valence electrons. The molecule has 2 aromatic carbocycles. The second-order valence-corrected chi connectivity index (χ2v) is 6.67. The first-order chi connectivity index (χ1) is 14.9. The van der Waals surface area contributed by atoms with Gasteiger partial charge in [0.25, 0.3) is 5.91 Å². The lowest BCUT2D eigenvalue weighted by molar-refractivity contribution is -0.128. The van der Waals surface area contributed by atoms with Gasteiger partial charge in [0.2, 0.25) is 5.91 Å². The third-order valence-corrected chi connectivity index (χ3v) is 4.21. The van der Waals surface area contributed by atoms with Crippen LogP contribution in [0.4, 0.5) is 11.4 Å². The van der Waals surface area contributed by atoms with Gasteiger partial charge in [-0.05, 0) is 44.2 Å². The SMILES string of the molecule is CC(=O)C(=CC=CC=CC(C(C)=O)C(=O)Nc1ccccc1)C(=O)Nc1ccccc1. The van der Waals surface area contributed by atoms with E-state index in [4.69, 9.17) is 0 Å². The molecular formula is C25H24N2O4. The number of anilines is 2. The van der Waals surface area contributed by atoms with E-state index in [0.717, 1.165) is 0 Å². The Hall–Kier alpha value is -4.06. The van der Waals surface area contributed by atoms with Crippen molar-refractivity contribution in [1.82, 2.24) is 0 Å². The predicted molar refractivity (Wildman–Crippen MR) is 121 cm³/mol. The van der Waals surface area contributed by atoms with E-state index >= 15 is 0 Å². The van der Waals surface area contributed by atoms with E-state index < -0.39 is 17.7 Å². The predicted octanol–water partition coefficient (Wildman–Crippen LogP) is 4.10. The maximum Gasteiger partial charge on any atom is 0.259 e. The maximum atomic E-state index is 12.4. The van der Waals surface area contributed by atoms with Crippen LogP contribution >= 0.6 is 0 Å². The van der Waals surface area contributed by atoms with E-state index in [1.807, 2.05) is 12.1 Å². The third-order valence-electron chi connectivity index (χ3n) is 4.21. The molecule has 0 radical (unpaired) electrons. The van der Waals surface area contributed by atoms with Crippen molar-refractivity contribution in [2.24, 2.45) is 5.92 Å². The van der Waals surface area contributed by atoms with Crippen LogP contribution in [0.15, 0.2) is 96.6 Å². The Bertz CT molecular complexity index is 1020. The second kappa shape index (κ2) is 11.8. The van der Waals surface area contributed by atoms with Crippen LogP contribution in [-0.2, 0) is 19.2 Å². The smallest absolute Gasteiger partial charge is 0.259 e. The summed E-state index contributed by atoms with van der Waals surface area (Å²) in [7, 11) is 0. The second-order valence-electron chi connectivity index (χ2n) is 6.67. The fourth-order valence-corrected chi connectivity index (χ4v) is 2.61. The van der Waals surface area contributed by atoms with Gasteiger partial charge >= 0.3 is 0 Å². The molecule has 0 aliphatic heterocycles. The highest BCUT2D eigenvalue weighted by atomic mass is 16.2. The zero-order chi connectivity index (χ0) is 22.6. The highest BCUT2D eigenvalue weighted by Gasteiger charge is 2.20. The Labute approximate surface area is 181 Å². The van der Waals surface area contributed by atoms with Crippen molar-refractivity contribution < 1.29 is 19.2 Å². The highest BCUT2D eigenvalue weighted by Crippen LogP contribution is 2.11. The van der Waals surface area contributed by atoms with Crippen molar-refractivity contribution in [3.05, 3.63) is 96.6 Å². The highest BCUT2D eigenvalue weighted by molar-refractivity contribution is 6.22. The van der Waals surface area contributed by atoms with Crippen molar-refractivity contribution in [1.29, 1.82) is 0 Å². The van der Waals surface area contributed by atoms with Crippen LogP contribution in [0, 0.1) is 5.92 Å². The van der Waals surface area contributed by atoms with Crippen molar-refractivity contribution in [3.8, 4) is 0 Å². The molecule has 1 unspecified atom stereocenters. The van der Waals surface area contributed by atoms with Gasteiger partial charge in [0.1, 0.15) is 11.7 Å². The zero-order valence-electron chi connectivity index (χ0n) is 17.4. The molecule has 0 aliphatic rings. The van der Waals surface area contributed by atoms with E-state index in [1.54, 1.807) is 54.6 Å². The van der Waals surface area contributed by atoms with E-state index in [9.17, 15) is 19.2 Å². The molecule has 6 nitrogen and oxygen atoms in total. The van der Waals surface area contributed by atoms with Gasteiger partial charge in [0, 0.05) is 11.4 Å². The number of hydrogen-bond acceptors (Lipinski definition) is 4. The minimum Gasteiger partial charge on any atom is -0.325 e. The molecule has 6 heteroatoms. The lowest BCUT2D eigenvalue weighted by Gasteiger charge is -2.10. The first-order valence-corrected chi connectivity index (χ1v) is 9.67. The monoisotopic (exact) mass is 416 g/mol. The quantitative estimate of drug-likeness (QED) is 0.279. The number of nitrogens with one attached hydrogen (secondary N) is 2. The topological polar surface area (TPSA) is 92.3 Å². The lowest BCUT2D eigenvalue weighted by atomic mass is 10.0. The van der Waals surface area contributed by atoms with Crippen LogP contribution in [0.2, 0.25) is 0 Å². The minimum atomic E-state index is -0.956. The Morgan fingerprint density at radius 2 is 1.29 bits per heavy atom. The van der Waals surface area contributed by atoms with E-state index in [2.05, 4.69) is 10.6 Å². The molecular weight excluding hydrogens is 392 g/mol. The summed E-state index contributed by atoms with van der Waals surface area (Å²) >= 11 is 0. The van der Waals surface area contributed by atoms with Gasteiger partial charge in [0.15, 0.2) is 5.78 Å². The Morgan fingerprint density at radius 3 is 1.81 bits per heavy atom. The van der Waals surface area contributed by atoms with Crippen LogP contribution in [0.3, 0.4) is 0 Å². The van der Waals surface area contributed by atoms with Gasteiger partial charge in [-0.1, -0.05) is 60.7 Å². The molecule has 2 amide bonds. The van der Waals surface area contributed by atoms with Crippen molar-refractivity contribution >= 4 is 34.8 Å². The first-order valence-electron chi connectivity index (χ1n) is 9.67.